The summed E-state index contributed by atoms with van der Waals surface area (Å²) in [5, 5.41) is 18.2. The van der Waals surface area contributed by atoms with Crippen LogP contribution in [0.4, 0.5) is 0 Å². The zero-order valence-electron chi connectivity index (χ0n) is 35.7. The molecule has 2 aromatic carbocycles. The number of aliphatic hydroxyl groups is 2. The first-order valence-electron chi connectivity index (χ1n) is 19.4. The Morgan fingerprint density at radius 2 is 0.593 bits per heavy atom. The van der Waals surface area contributed by atoms with Gasteiger partial charge < -0.3 is 19.7 Å². The van der Waals surface area contributed by atoms with Crippen molar-refractivity contribution < 1.29 is 19.7 Å². The summed E-state index contributed by atoms with van der Waals surface area (Å²) in [6.45, 7) is 34.5. The van der Waals surface area contributed by atoms with Crippen molar-refractivity contribution >= 4 is 0 Å². The molecule has 0 atom stereocenters. The Kier molecular flexibility index (Phi) is 27.1. The van der Waals surface area contributed by atoms with E-state index in [9.17, 15) is 0 Å². The van der Waals surface area contributed by atoms with Crippen LogP contribution in [0.3, 0.4) is 0 Å². The molecule has 0 fully saturated rings. The molecule has 0 radical (unpaired) electrons. The van der Waals surface area contributed by atoms with E-state index in [2.05, 4.69) is 133 Å². The second-order valence-electron chi connectivity index (χ2n) is 19.5. The van der Waals surface area contributed by atoms with E-state index in [1.54, 1.807) is 14.2 Å². The standard InChI is InChI=1S/C24H42O2.C22H38O2.4CH4/c1-22(2,3)19-16-20(23(4,5)12-8-10-14-25)18-21(17-19)24(6,7)13-9-11-15-26;1-20(2,3)17-14-18(21(4,5)10-12-23-8)16-19(15-17)22(6,7)11-13-24-9;;;;/h16-18,25-26H,8-15H2,1-7H3;14-16H,10-13H2,1-9H3;4*1H4. The summed E-state index contributed by atoms with van der Waals surface area (Å²) in [7, 11) is 3.56. The Morgan fingerprint density at radius 3 is 0.796 bits per heavy atom. The van der Waals surface area contributed by atoms with Gasteiger partial charge in [0.2, 0.25) is 0 Å². The lowest BCUT2D eigenvalue weighted by molar-refractivity contribution is 0.173. The summed E-state index contributed by atoms with van der Waals surface area (Å²) in [6.07, 6.45) is 8.09. The van der Waals surface area contributed by atoms with Gasteiger partial charge in [-0.05, 0) is 104 Å². The highest BCUT2D eigenvalue weighted by Crippen LogP contribution is 2.39. The van der Waals surface area contributed by atoms with E-state index in [1.807, 2.05) is 0 Å². The van der Waals surface area contributed by atoms with Crippen LogP contribution >= 0.6 is 0 Å². The predicted octanol–water partition coefficient (Wildman–Crippen LogP) is 14.0. The lowest BCUT2D eigenvalue weighted by Crippen LogP contribution is -2.25. The molecule has 0 aromatic heterocycles. The molecule has 0 saturated heterocycles. The molecular formula is C50H96O4. The quantitative estimate of drug-likeness (QED) is 0.149. The summed E-state index contributed by atoms with van der Waals surface area (Å²) in [6, 6.07) is 14.4. The van der Waals surface area contributed by atoms with E-state index in [4.69, 9.17) is 19.7 Å². The minimum atomic E-state index is 0. The Balaban J connectivity index is -0.000000432. The van der Waals surface area contributed by atoms with Gasteiger partial charge in [0.05, 0.1) is 0 Å². The van der Waals surface area contributed by atoms with Crippen LogP contribution in [0.15, 0.2) is 36.4 Å². The zero-order valence-corrected chi connectivity index (χ0v) is 35.7. The second-order valence-corrected chi connectivity index (χ2v) is 19.5. The fraction of sp³-hybridized carbons (Fsp3) is 0.760. The van der Waals surface area contributed by atoms with Gasteiger partial charge in [-0.1, -0.05) is 176 Å². The third-order valence-electron chi connectivity index (χ3n) is 11.0. The summed E-state index contributed by atoms with van der Waals surface area (Å²) in [5.74, 6) is 0. The van der Waals surface area contributed by atoms with Gasteiger partial charge in [0.15, 0.2) is 0 Å². The lowest BCUT2D eigenvalue weighted by atomic mass is 9.72. The number of methoxy groups -OCH3 is 2. The van der Waals surface area contributed by atoms with Crippen LogP contribution < -0.4 is 0 Å². The molecule has 4 nitrogen and oxygen atoms in total. The third kappa shape index (κ3) is 18.9. The van der Waals surface area contributed by atoms with Crippen LogP contribution in [0.2, 0.25) is 0 Å². The fourth-order valence-electron chi connectivity index (χ4n) is 6.33. The van der Waals surface area contributed by atoms with Gasteiger partial charge in [-0.15, -0.1) is 0 Å². The van der Waals surface area contributed by atoms with Gasteiger partial charge in [0.1, 0.15) is 0 Å². The average Bonchev–Trinajstić information content (AvgIpc) is 3.02. The number of hydrogen-bond acceptors (Lipinski definition) is 4. The van der Waals surface area contributed by atoms with Crippen molar-refractivity contribution in [3.05, 3.63) is 69.8 Å². The van der Waals surface area contributed by atoms with Crippen molar-refractivity contribution in [2.45, 2.75) is 210 Å². The van der Waals surface area contributed by atoms with E-state index in [1.165, 1.54) is 33.4 Å². The Bertz CT molecular complexity index is 1190. The smallest absolute Gasteiger partial charge is 0.0470 e. The number of aliphatic hydroxyl groups excluding tert-OH is 2. The number of ether oxygens (including phenoxy) is 2. The van der Waals surface area contributed by atoms with Gasteiger partial charge in [0.25, 0.3) is 0 Å². The van der Waals surface area contributed by atoms with E-state index in [-0.39, 0.29) is 75.4 Å². The maximum absolute atomic E-state index is 9.12. The van der Waals surface area contributed by atoms with Crippen molar-refractivity contribution in [3.8, 4) is 0 Å². The molecule has 2 aromatic rings. The molecule has 0 amide bonds. The second kappa shape index (κ2) is 24.8. The molecule has 0 unspecified atom stereocenters. The summed E-state index contributed by atoms with van der Waals surface area (Å²) < 4.78 is 10.7. The first-order valence-corrected chi connectivity index (χ1v) is 19.4. The van der Waals surface area contributed by atoms with Crippen molar-refractivity contribution in [1.82, 2.24) is 0 Å². The number of hydrogen-bond donors (Lipinski definition) is 2. The van der Waals surface area contributed by atoms with Crippen LogP contribution in [-0.4, -0.2) is 50.9 Å². The van der Waals surface area contributed by atoms with Crippen molar-refractivity contribution in [2.75, 3.05) is 40.6 Å². The monoisotopic (exact) mass is 761 g/mol. The predicted molar refractivity (Wildman–Crippen MR) is 244 cm³/mol. The van der Waals surface area contributed by atoms with Gasteiger partial charge in [-0.3, -0.25) is 0 Å². The van der Waals surface area contributed by atoms with E-state index in [0.29, 0.717) is 0 Å². The number of rotatable bonds is 18. The fourth-order valence-corrected chi connectivity index (χ4v) is 6.33. The third-order valence-corrected chi connectivity index (χ3v) is 11.0. The molecule has 2 rings (SSSR count). The molecule has 2 N–H and O–H groups in total. The van der Waals surface area contributed by atoms with Crippen molar-refractivity contribution in [3.63, 3.8) is 0 Å². The van der Waals surface area contributed by atoms with Gasteiger partial charge in [-0.2, -0.15) is 0 Å². The first-order chi connectivity index (χ1) is 22.9. The van der Waals surface area contributed by atoms with Crippen LogP contribution in [0.1, 0.15) is 211 Å². The minimum Gasteiger partial charge on any atom is -0.396 e. The highest BCUT2D eigenvalue weighted by atomic mass is 16.5. The lowest BCUT2D eigenvalue weighted by Gasteiger charge is -2.33. The topological polar surface area (TPSA) is 58.9 Å². The van der Waals surface area contributed by atoms with E-state index < -0.39 is 0 Å². The summed E-state index contributed by atoms with van der Waals surface area (Å²) in [4.78, 5) is 0. The van der Waals surface area contributed by atoms with Gasteiger partial charge in [-0.25, -0.2) is 0 Å². The molecule has 0 aliphatic rings. The molecule has 0 spiro atoms. The van der Waals surface area contributed by atoms with Crippen LogP contribution in [-0.2, 0) is 42.0 Å². The highest BCUT2D eigenvalue weighted by Gasteiger charge is 2.30. The molecule has 0 saturated carbocycles. The molecule has 0 heterocycles. The van der Waals surface area contributed by atoms with Crippen molar-refractivity contribution in [1.29, 1.82) is 0 Å². The Hall–Kier alpha value is -1.72. The van der Waals surface area contributed by atoms with Crippen molar-refractivity contribution in [2.24, 2.45) is 0 Å². The molecule has 0 bridgehead atoms. The Labute approximate surface area is 339 Å². The maximum Gasteiger partial charge on any atom is 0.0470 e. The molecule has 54 heavy (non-hydrogen) atoms. The zero-order chi connectivity index (χ0) is 38.6. The molecular weight excluding hydrogens is 665 g/mol. The number of unbranched alkanes of at least 4 members (excludes halogenated alkanes) is 2. The number of benzene rings is 2. The van der Waals surface area contributed by atoms with Crippen LogP contribution in [0.25, 0.3) is 0 Å². The van der Waals surface area contributed by atoms with Gasteiger partial charge in [0, 0.05) is 40.6 Å². The highest BCUT2D eigenvalue weighted by molar-refractivity contribution is 5.42. The normalized spacial score (nSPS) is 12.3. The molecule has 0 aliphatic carbocycles. The van der Waals surface area contributed by atoms with E-state index in [0.717, 1.165) is 64.6 Å². The average molecular weight is 761 g/mol. The van der Waals surface area contributed by atoms with Crippen LogP contribution in [0.5, 0.6) is 0 Å². The first kappa shape index (κ1) is 59.0. The summed E-state index contributed by atoms with van der Waals surface area (Å²) in [5.41, 5.74) is 9.11. The van der Waals surface area contributed by atoms with E-state index >= 15 is 0 Å². The largest absolute Gasteiger partial charge is 0.396 e. The van der Waals surface area contributed by atoms with Crippen LogP contribution in [0, 0.1) is 0 Å². The van der Waals surface area contributed by atoms with Gasteiger partial charge >= 0.3 is 0 Å². The minimum absolute atomic E-state index is 0. The molecule has 320 valence electrons. The SMILES string of the molecule is C.C.C.C.CC(C)(C)c1cc(C(C)(C)CCCCO)cc(C(C)(C)CCCCO)c1.COCCC(C)(C)c1cc(C(C)(C)C)cc(C(C)(C)CCOC)c1. The maximum atomic E-state index is 9.12. The summed E-state index contributed by atoms with van der Waals surface area (Å²) >= 11 is 0. The molecule has 0 aliphatic heterocycles. The molecule has 4 heteroatoms. The Morgan fingerprint density at radius 1 is 0.370 bits per heavy atom.